The second-order valence-electron chi connectivity index (χ2n) is 4.78. The summed E-state index contributed by atoms with van der Waals surface area (Å²) >= 11 is 3.01. The number of nitrogens with one attached hydrogen (secondary N) is 1. The first-order valence-electron chi connectivity index (χ1n) is 6.32. The summed E-state index contributed by atoms with van der Waals surface area (Å²) < 4.78 is 0. The Morgan fingerprint density at radius 3 is 3.00 bits per heavy atom. The van der Waals surface area contributed by atoms with Gasteiger partial charge in [-0.05, 0) is 23.5 Å². The van der Waals surface area contributed by atoms with Crippen molar-refractivity contribution in [2.75, 3.05) is 12.3 Å². The molecule has 3 heterocycles. The van der Waals surface area contributed by atoms with E-state index < -0.39 is 5.91 Å². The molecule has 2 aliphatic rings. The molecule has 0 aromatic carbocycles. The van der Waals surface area contributed by atoms with E-state index in [9.17, 15) is 9.59 Å². The number of fused-ring (bicyclic) bond motifs is 1. The summed E-state index contributed by atoms with van der Waals surface area (Å²) in [4.78, 5) is 27.2. The van der Waals surface area contributed by atoms with Crippen molar-refractivity contribution in [3.05, 3.63) is 32.9 Å². The van der Waals surface area contributed by atoms with E-state index in [2.05, 4.69) is 0 Å². The van der Waals surface area contributed by atoms with E-state index in [1.165, 1.54) is 11.3 Å². The standard InChI is InChI=1S/C13H14N2O3S2/c16-12(14-18)10-5-8-1-3-15(6-11(8)20-10)13(17)9-2-4-19-7-9/h2,4-5,9,18H,1,3,6-7H2,(H,14,16). The SMILES string of the molecule is O=C(NO)c1cc2c(s1)CN(C(=O)C1C=CSC1)CC2. The van der Waals surface area contributed by atoms with Gasteiger partial charge in [0.25, 0.3) is 5.91 Å². The molecule has 1 unspecified atom stereocenters. The van der Waals surface area contributed by atoms with Gasteiger partial charge >= 0.3 is 0 Å². The maximum Gasteiger partial charge on any atom is 0.284 e. The minimum absolute atomic E-state index is 0.0123. The van der Waals surface area contributed by atoms with Crippen LogP contribution in [0.3, 0.4) is 0 Å². The van der Waals surface area contributed by atoms with E-state index in [0.717, 1.165) is 22.6 Å². The molecule has 0 radical (unpaired) electrons. The first kappa shape index (κ1) is 13.7. The van der Waals surface area contributed by atoms with E-state index in [4.69, 9.17) is 5.21 Å². The molecule has 0 saturated heterocycles. The van der Waals surface area contributed by atoms with Crippen molar-refractivity contribution >= 4 is 34.9 Å². The molecule has 0 spiro atoms. The molecular formula is C13H14N2O3S2. The average molecular weight is 310 g/mol. The minimum atomic E-state index is -0.489. The Balaban J connectivity index is 1.74. The molecule has 0 aliphatic carbocycles. The van der Waals surface area contributed by atoms with Gasteiger partial charge in [-0.1, -0.05) is 6.08 Å². The molecule has 2 N–H and O–H groups in total. The van der Waals surface area contributed by atoms with Crippen LogP contribution in [0.25, 0.3) is 0 Å². The number of thiophene rings is 1. The highest BCUT2D eigenvalue weighted by molar-refractivity contribution is 8.02. The van der Waals surface area contributed by atoms with Gasteiger partial charge in [0.2, 0.25) is 5.91 Å². The lowest BCUT2D eigenvalue weighted by molar-refractivity contribution is -0.134. The molecule has 2 aliphatic heterocycles. The monoisotopic (exact) mass is 310 g/mol. The van der Waals surface area contributed by atoms with Gasteiger partial charge in [-0.25, -0.2) is 5.48 Å². The van der Waals surface area contributed by atoms with Gasteiger partial charge < -0.3 is 4.90 Å². The minimum Gasteiger partial charge on any atom is -0.337 e. The Kier molecular flexibility index (Phi) is 3.82. The van der Waals surface area contributed by atoms with Gasteiger partial charge in [-0.15, -0.1) is 23.1 Å². The van der Waals surface area contributed by atoms with Crippen LogP contribution in [0.4, 0.5) is 0 Å². The van der Waals surface area contributed by atoms with Gasteiger partial charge in [-0.3, -0.25) is 14.8 Å². The van der Waals surface area contributed by atoms with Crippen LogP contribution in [-0.2, 0) is 17.8 Å². The van der Waals surface area contributed by atoms with Crippen LogP contribution in [0.5, 0.6) is 0 Å². The molecule has 7 heteroatoms. The molecule has 3 rings (SSSR count). The molecule has 2 amide bonds. The third-order valence-corrected chi connectivity index (χ3v) is 5.58. The van der Waals surface area contributed by atoms with E-state index in [0.29, 0.717) is 18.0 Å². The van der Waals surface area contributed by atoms with Crippen LogP contribution in [0.2, 0.25) is 0 Å². The number of carbonyl (C=O) groups is 2. The number of amides is 2. The van der Waals surface area contributed by atoms with E-state index in [-0.39, 0.29) is 11.8 Å². The van der Waals surface area contributed by atoms with Crippen molar-refractivity contribution in [2.45, 2.75) is 13.0 Å². The lowest BCUT2D eigenvalue weighted by atomic mass is 10.1. The second-order valence-corrected chi connectivity index (χ2v) is 6.85. The molecule has 20 heavy (non-hydrogen) atoms. The normalized spacial score (nSPS) is 20.9. The molecule has 0 bridgehead atoms. The van der Waals surface area contributed by atoms with E-state index in [1.54, 1.807) is 23.3 Å². The number of hydrogen-bond acceptors (Lipinski definition) is 5. The van der Waals surface area contributed by atoms with Gasteiger partial charge in [0, 0.05) is 17.2 Å². The molecule has 106 valence electrons. The summed E-state index contributed by atoms with van der Waals surface area (Å²) in [5, 5.41) is 10.6. The first-order chi connectivity index (χ1) is 9.69. The summed E-state index contributed by atoms with van der Waals surface area (Å²) in [6, 6.07) is 1.80. The lowest BCUT2D eigenvalue weighted by Gasteiger charge is -2.28. The fraction of sp³-hybridized carbons (Fsp3) is 0.385. The zero-order chi connectivity index (χ0) is 14.1. The maximum absolute atomic E-state index is 12.4. The fourth-order valence-electron chi connectivity index (χ4n) is 2.43. The van der Waals surface area contributed by atoms with Crippen LogP contribution in [0, 0.1) is 5.92 Å². The third-order valence-electron chi connectivity index (χ3n) is 3.52. The van der Waals surface area contributed by atoms with Gasteiger partial charge in [0.15, 0.2) is 0 Å². The van der Waals surface area contributed by atoms with Gasteiger partial charge in [-0.2, -0.15) is 0 Å². The van der Waals surface area contributed by atoms with Crippen LogP contribution in [0.15, 0.2) is 17.6 Å². The quantitative estimate of drug-likeness (QED) is 0.643. The van der Waals surface area contributed by atoms with Crippen molar-refractivity contribution in [2.24, 2.45) is 5.92 Å². The maximum atomic E-state index is 12.4. The van der Waals surface area contributed by atoms with E-state index >= 15 is 0 Å². The van der Waals surface area contributed by atoms with Crippen molar-refractivity contribution in [3.63, 3.8) is 0 Å². The molecule has 0 fully saturated rings. The van der Waals surface area contributed by atoms with Crippen LogP contribution in [-0.4, -0.2) is 34.2 Å². The van der Waals surface area contributed by atoms with Crippen molar-refractivity contribution in [1.82, 2.24) is 10.4 Å². The van der Waals surface area contributed by atoms with Crippen LogP contribution in [0.1, 0.15) is 20.1 Å². The Morgan fingerprint density at radius 2 is 2.30 bits per heavy atom. The fourth-order valence-corrected chi connectivity index (χ4v) is 4.42. The molecule has 5 nitrogen and oxygen atoms in total. The van der Waals surface area contributed by atoms with Gasteiger partial charge in [0.05, 0.1) is 17.3 Å². The summed E-state index contributed by atoms with van der Waals surface area (Å²) in [6.07, 6.45) is 2.72. The Labute approximate surface area is 124 Å². The zero-order valence-electron chi connectivity index (χ0n) is 10.7. The highest BCUT2D eigenvalue weighted by Crippen LogP contribution is 2.30. The number of rotatable bonds is 2. The summed E-state index contributed by atoms with van der Waals surface area (Å²) in [6.45, 7) is 1.25. The topological polar surface area (TPSA) is 69.6 Å². The molecule has 0 saturated carbocycles. The third kappa shape index (κ3) is 2.48. The highest BCUT2D eigenvalue weighted by Gasteiger charge is 2.28. The number of nitrogens with zero attached hydrogens (tertiary/aromatic N) is 1. The smallest absolute Gasteiger partial charge is 0.284 e. The van der Waals surface area contributed by atoms with Crippen molar-refractivity contribution < 1.29 is 14.8 Å². The molecular weight excluding hydrogens is 296 g/mol. The molecule has 1 aromatic rings. The molecule has 1 aromatic heterocycles. The zero-order valence-corrected chi connectivity index (χ0v) is 12.3. The number of thioether (sulfide) groups is 1. The van der Waals surface area contributed by atoms with Crippen molar-refractivity contribution in [3.8, 4) is 0 Å². The predicted molar refractivity (Wildman–Crippen MR) is 77.8 cm³/mol. The van der Waals surface area contributed by atoms with Crippen LogP contribution < -0.4 is 5.48 Å². The second kappa shape index (κ2) is 5.59. The largest absolute Gasteiger partial charge is 0.337 e. The van der Waals surface area contributed by atoms with Crippen LogP contribution >= 0.6 is 23.1 Å². The summed E-state index contributed by atoms with van der Waals surface area (Å²) in [7, 11) is 0. The lowest BCUT2D eigenvalue weighted by Crippen LogP contribution is -2.39. The Morgan fingerprint density at radius 1 is 1.45 bits per heavy atom. The Hall–Kier alpha value is -1.31. The van der Waals surface area contributed by atoms with E-state index in [1.807, 2.05) is 16.4 Å². The number of carbonyl (C=O) groups excluding carboxylic acids is 2. The van der Waals surface area contributed by atoms with Gasteiger partial charge in [0.1, 0.15) is 0 Å². The average Bonchev–Trinajstić information content (AvgIpc) is 3.13. The molecule has 1 atom stereocenters. The highest BCUT2D eigenvalue weighted by atomic mass is 32.2. The van der Waals surface area contributed by atoms with Crippen molar-refractivity contribution in [1.29, 1.82) is 0 Å². The Bertz CT molecular complexity index is 582. The first-order valence-corrected chi connectivity index (χ1v) is 8.18. The number of hydrogen-bond donors (Lipinski definition) is 2. The predicted octanol–water partition coefficient (Wildman–Crippen LogP) is 1.63. The number of hydroxylamine groups is 1. The summed E-state index contributed by atoms with van der Waals surface area (Å²) in [5.74, 6) is 0.489. The summed E-state index contributed by atoms with van der Waals surface area (Å²) in [5.41, 5.74) is 2.75.